The van der Waals surface area contributed by atoms with E-state index in [-0.39, 0.29) is 17.0 Å². The van der Waals surface area contributed by atoms with E-state index < -0.39 is 17.7 Å². The Hall–Kier alpha value is -2.74. The maximum absolute atomic E-state index is 12.4. The predicted octanol–water partition coefficient (Wildman–Crippen LogP) is 4.28. The van der Waals surface area contributed by atoms with Crippen LogP contribution in [-0.2, 0) is 6.18 Å². The van der Waals surface area contributed by atoms with Gasteiger partial charge in [0.05, 0.1) is 11.1 Å². The van der Waals surface area contributed by atoms with E-state index in [2.05, 4.69) is 4.98 Å². The molecule has 0 bridgehead atoms. The molecule has 0 amide bonds. The lowest BCUT2D eigenvalue weighted by Gasteiger charge is -2.07. The van der Waals surface area contributed by atoms with Crippen LogP contribution in [0.4, 0.5) is 13.2 Å². The zero-order valence-corrected chi connectivity index (χ0v) is 12.6. The van der Waals surface area contributed by atoms with Gasteiger partial charge in [-0.1, -0.05) is 17.7 Å². The molecule has 2 aliphatic rings. The van der Waals surface area contributed by atoms with Crippen molar-refractivity contribution in [3.8, 4) is 11.4 Å². The maximum atomic E-state index is 12.4. The van der Waals surface area contributed by atoms with Crippen LogP contribution in [0.15, 0.2) is 48.8 Å². The highest BCUT2D eigenvalue weighted by molar-refractivity contribution is 6.30. The summed E-state index contributed by atoms with van der Waals surface area (Å²) in [5.41, 5.74) is -0.731. The predicted molar refractivity (Wildman–Crippen MR) is 79.4 cm³/mol. The van der Waals surface area contributed by atoms with E-state index in [0.29, 0.717) is 15.9 Å². The minimum Gasteiger partial charge on any atom is -0.478 e. The number of alkyl halides is 3. The molecule has 0 fully saturated rings. The first-order chi connectivity index (χ1) is 11.2. The van der Waals surface area contributed by atoms with Crippen LogP contribution in [0.1, 0.15) is 15.9 Å². The van der Waals surface area contributed by atoms with Crippen molar-refractivity contribution < 1.29 is 28.3 Å². The number of rotatable bonds is 1. The number of halogens is 4. The summed E-state index contributed by atoms with van der Waals surface area (Å²) >= 11 is 5.53. The number of hydrogen-bond acceptors (Lipinski definition) is 3. The van der Waals surface area contributed by atoms with Crippen LogP contribution >= 0.6 is 11.6 Å². The summed E-state index contributed by atoms with van der Waals surface area (Å²) in [5, 5.41) is 18.0. The van der Waals surface area contributed by atoms with Crippen LogP contribution in [0, 0.1) is 0 Å². The first kappa shape index (κ1) is 17.6. The molecule has 0 spiro atoms. The molecule has 0 aliphatic carbocycles. The molecule has 9 heteroatoms. The van der Waals surface area contributed by atoms with E-state index in [4.69, 9.17) is 21.9 Å². The molecule has 0 aromatic heterocycles. The molecule has 0 unspecified atom stereocenters. The Balaban J connectivity index is 0.000000185. The van der Waals surface area contributed by atoms with E-state index in [1.165, 1.54) is 30.5 Å². The fraction of sp³-hybridized carbons (Fsp3) is 0.0667. The molecular formula is C15H10ClF3N2O3. The molecule has 1 aromatic rings. The van der Waals surface area contributed by atoms with Gasteiger partial charge in [0, 0.05) is 23.0 Å². The van der Waals surface area contributed by atoms with Gasteiger partial charge in [0.15, 0.2) is 5.82 Å². The van der Waals surface area contributed by atoms with Crippen LogP contribution in [0.3, 0.4) is 0 Å². The molecule has 24 heavy (non-hydrogen) atoms. The summed E-state index contributed by atoms with van der Waals surface area (Å²) in [6, 6.07) is 8.72. The Morgan fingerprint density at radius 2 is 1.92 bits per heavy atom. The first-order valence-electron chi connectivity index (χ1n) is 6.41. The van der Waals surface area contributed by atoms with Gasteiger partial charge in [-0.2, -0.15) is 17.9 Å². The molecule has 0 saturated heterocycles. The van der Waals surface area contributed by atoms with Crippen molar-refractivity contribution >= 4 is 17.6 Å². The molecule has 0 saturated carbocycles. The van der Waals surface area contributed by atoms with Gasteiger partial charge in [-0.15, -0.1) is 0 Å². The highest BCUT2D eigenvalue weighted by Crippen LogP contribution is 2.37. The van der Waals surface area contributed by atoms with Gasteiger partial charge >= 0.3 is 12.1 Å². The van der Waals surface area contributed by atoms with E-state index in [1.807, 2.05) is 0 Å². The largest absolute Gasteiger partial charge is 0.478 e. The lowest BCUT2D eigenvalue weighted by molar-refractivity contribution is -0.137. The van der Waals surface area contributed by atoms with E-state index in [1.54, 1.807) is 12.1 Å². The average molecular weight is 359 g/mol. The Kier molecular flexibility index (Phi) is 4.99. The molecule has 5 nitrogen and oxygen atoms in total. The average Bonchev–Trinajstić information content (AvgIpc) is 2.93. The Morgan fingerprint density at radius 1 is 1.21 bits per heavy atom. The zero-order chi connectivity index (χ0) is 17.9. The third kappa shape index (κ3) is 3.96. The van der Waals surface area contributed by atoms with Crippen molar-refractivity contribution in [2.24, 2.45) is 0 Å². The van der Waals surface area contributed by atoms with Gasteiger partial charge in [0.2, 0.25) is 0 Å². The van der Waals surface area contributed by atoms with Crippen molar-refractivity contribution in [1.82, 2.24) is 9.71 Å². The van der Waals surface area contributed by atoms with Crippen LogP contribution in [-0.4, -0.2) is 26.0 Å². The summed E-state index contributed by atoms with van der Waals surface area (Å²) in [6.07, 6.45) is -2.52. The van der Waals surface area contributed by atoms with Gasteiger partial charge in [-0.3, -0.25) is 0 Å². The van der Waals surface area contributed by atoms with Gasteiger partial charge in [-0.25, -0.2) is 9.78 Å². The van der Waals surface area contributed by atoms with Gasteiger partial charge in [0.1, 0.15) is 0 Å². The Bertz CT molecular complexity index is 833. The summed E-state index contributed by atoms with van der Waals surface area (Å²) in [5.74, 6) is -1.05. The summed E-state index contributed by atoms with van der Waals surface area (Å²) in [4.78, 5) is 13.8. The van der Waals surface area contributed by atoms with Crippen molar-refractivity contribution in [1.29, 1.82) is 0 Å². The number of fused-ring (bicyclic) bond motifs is 1. The van der Waals surface area contributed by atoms with Crippen LogP contribution in [0.5, 0.6) is 0 Å². The van der Waals surface area contributed by atoms with Gasteiger partial charge in [-0.05, 0) is 30.3 Å². The van der Waals surface area contributed by atoms with Crippen molar-refractivity contribution in [2.75, 3.05) is 0 Å². The quantitative estimate of drug-likeness (QED) is 0.636. The summed E-state index contributed by atoms with van der Waals surface area (Å²) in [6.45, 7) is 0. The van der Waals surface area contributed by atoms with Crippen LogP contribution in [0.25, 0.3) is 11.4 Å². The second kappa shape index (κ2) is 6.79. The number of nitrogens with zero attached hydrogens (tertiary/aromatic N) is 2. The number of aromatic carboxylic acids is 1. The molecule has 3 rings (SSSR count). The zero-order valence-electron chi connectivity index (χ0n) is 11.8. The smallest absolute Gasteiger partial charge is 0.418 e. The number of carboxylic acid groups (broad SMARTS) is 1. The third-order valence-corrected chi connectivity index (χ3v) is 3.17. The number of aromatic nitrogens is 2. The normalized spacial score (nSPS) is 11.0. The van der Waals surface area contributed by atoms with Crippen molar-refractivity contribution in [3.63, 3.8) is 0 Å². The number of hydrogen-bond donors (Lipinski definition) is 2. The minimum atomic E-state index is -4.44. The van der Waals surface area contributed by atoms with Crippen LogP contribution in [0.2, 0.25) is 5.02 Å². The number of pyridine rings is 1. The number of carboxylic acids is 1. The Morgan fingerprint density at radius 3 is 2.46 bits per heavy atom. The van der Waals surface area contributed by atoms with Crippen molar-refractivity contribution in [2.45, 2.75) is 6.18 Å². The van der Waals surface area contributed by atoms with Crippen molar-refractivity contribution in [3.05, 3.63) is 64.9 Å². The first-order valence-corrected chi connectivity index (χ1v) is 6.79. The monoisotopic (exact) mass is 358 g/mol. The van der Waals surface area contributed by atoms with E-state index in [9.17, 15) is 18.0 Å². The highest BCUT2D eigenvalue weighted by atomic mass is 35.5. The molecule has 0 radical (unpaired) electrons. The van der Waals surface area contributed by atoms with E-state index >= 15 is 0 Å². The molecule has 2 N–H and O–H groups in total. The number of carbonyl (C=O) groups is 1. The second-order valence-corrected chi connectivity index (χ2v) is 5.01. The van der Waals surface area contributed by atoms with Gasteiger partial charge in [0.25, 0.3) is 0 Å². The molecule has 1 aromatic carbocycles. The molecule has 126 valence electrons. The topological polar surface area (TPSA) is 75.3 Å². The number of benzene rings is 1. The molecule has 2 aliphatic heterocycles. The lowest BCUT2D eigenvalue weighted by Crippen LogP contribution is -2.05. The third-order valence-electron chi connectivity index (χ3n) is 2.93. The fourth-order valence-electron chi connectivity index (χ4n) is 1.87. The molecule has 2 heterocycles. The standard InChI is InChI=1S/C8H5F3N2O.C7H5ClO2/c9-8(10,11)6-4-12-7-5(6)2-1-3-13(7)14;8-6-3-1-2-5(4-6)7(9)10/h1-4,14H;1-4H,(H,9,10). The minimum absolute atomic E-state index is 0.0974. The lowest BCUT2D eigenvalue weighted by atomic mass is 10.1. The molecular weight excluding hydrogens is 349 g/mol. The maximum Gasteiger partial charge on any atom is 0.418 e. The fourth-order valence-corrected chi connectivity index (χ4v) is 2.06. The highest BCUT2D eigenvalue weighted by Gasteiger charge is 2.36. The summed E-state index contributed by atoms with van der Waals surface area (Å²) < 4.78 is 37.6. The van der Waals surface area contributed by atoms with E-state index in [0.717, 1.165) is 0 Å². The Labute approximate surface area is 138 Å². The van der Waals surface area contributed by atoms with Gasteiger partial charge < -0.3 is 10.3 Å². The molecule has 0 atom stereocenters. The second-order valence-electron chi connectivity index (χ2n) is 4.58. The van der Waals surface area contributed by atoms with Crippen LogP contribution < -0.4 is 0 Å². The summed E-state index contributed by atoms with van der Waals surface area (Å²) in [7, 11) is 0. The SMILES string of the molecule is O=C(O)c1cccc(Cl)c1.On1cccc2c(C(F)(F)F)cnc1-2.